The zero-order valence-electron chi connectivity index (χ0n) is 14.6. The Kier molecular flexibility index (Phi) is 4.54. The van der Waals surface area contributed by atoms with Crippen LogP contribution in [0.3, 0.4) is 0 Å². The number of hydrogen-bond acceptors (Lipinski definition) is 7. The first kappa shape index (κ1) is 18.7. The number of halogens is 2. The van der Waals surface area contributed by atoms with Crippen molar-refractivity contribution < 1.29 is 4.74 Å². The van der Waals surface area contributed by atoms with Gasteiger partial charge in [0.25, 0.3) is 5.56 Å². The monoisotopic (exact) mass is 429 g/mol. The molecule has 0 unspecified atom stereocenters. The lowest BCUT2D eigenvalue weighted by Gasteiger charge is -2.12. The lowest BCUT2D eigenvalue weighted by atomic mass is 10.2. The van der Waals surface area contributed by atoms with Gasteiger partial charge in [0.15, 0.2) is 5.75 Å². The smallest absolute Gasteiger partial charge is 0.349 e. The molecule has 0 radical (unpaired) electrons. The zero-order chi connectivity index (χ0) is 20.7. The number of aromatic nitrogens is 6. The second kappa shape index (κ2) is 7.05. The summed E-state index contributed by atoms with van der Waals surface area (Å²) in [7, 11) is 1.75. The Hall–Kier alpha value is -3.68. The summed E-state index contributed by atoms with van der Waals surface area (Å²) in [6.45, 7) is 0. The predicted octanol–water partition coefficient (Wildman–Crippen LogP) is 2.17. The first-order valence-electron chi connectivity index (χ1n) is 7.98. The first-order chi connectivity index (χ1) is 13.9. The number of aromatic amines is 1. The highest BCUT2D eigenvalue weighted by Crippen LogP contribution is 2.38. The molecule has 0 fully saturated rings. The van der Waals surface area contributed by atoms with Gasteiger partial charge in [-0.25, -0.2) is 9.48 Å². The molecule has 2 heterocycles. The number of nitrogens with zero attached hydrogens (tertiary/aromatic N) is 6. The van der Waals surface area contributed by atoms with Crippen LogP contribution in [0.1, 0.15) is 5.69 Å². The van der Waals surface area contributed by atoms with Crippen LogP contribution in [0.5, 0.6) is 11.5 Å². The molecule has 2 aromatic heterocycles. The van der Waals surface area contributed by atoms with E-state index >= 15 is 0 Å². The van der Waals surface area contributed by atoms with Crippen molar-refractivity contribution in [1.82, 2.24) is 29.8 Å². The van der Waals surface area contributed by atoms with Crippen LogP contribution >= 0.6 is 23.2 Å². The fraction of sp³-hybridized carbons (Fsp3) is 0.0588. The van der Waals surface area contributed by atoms with Crippen molar-refractivity contribution in [2.24, 2.45) is 7.05 Å². The number of benzene rings is 2. The number of aryl methyl sites for hydroxylation is 1. The number of nitriles is 1. The van der Waals surface area contributed by atoms with E-state index in [0.717, 1.165) is 10.2 Å². The van der Waals surface area contributed by atoms with Gasteiger partial charge in [-0.15, -0.1) is 10.2 Å². The number of rotatable bonds is 3. The molecule has 2 aromatic carbocycles. The Bertz CT molecular complexity index is 1410. The van der Waals surface area contributed by atoms with Gasteiger partial charge >= 0.3 is 5.69 Å². The van der Waals surface area contributed by atoms with Crippen LogP contribution in [-0.4, -0.2) is 29.8 Å². The van der Waals surface area contributed by atoms with E-state index in [2.05, 4.69) is 15.4 Å². The number of H-pyrrole nitrogens is 1. The minimum Gasteiger partial charge on any atom is -0.454 e. The third kappa shape index (κ3) is 3.33. The summed E-state index contributed by atoms with van der Waals surface area (Å²) in [6, 6.07) is 9.50. The summed E-state index contributed by atoms with van der Waals surface area (Å²) in [5, 5.41) is 20.8. The largest absolute Gasteiger partial charge is 0.454 e. The van der Waals surface area contributed by atoms with Gasteiger partial charge in [-0.3, -0.25) is 9.78 Å². The summed E-state index contributed by atoms with van der Waals surface area (Å²) >= 11 is 12.6. The first-order valence-corrected chi connectivity index (χ1v) is 8.73. The van der Waals surface area contributed by atoms with Gasteiger partial charge in [-0.05, 0) is 24.3 Å². The molecule has 4 rings (SSSR count). The van der Waals surface area contributed by atoms with Gasteiger partial charge in [0, 0.05) is 13.1 Å². The van der Waals surface area contributed by atoms with E-state index in [1.54, 1.807) is 36.0 Å². The lowest BCUT2D eigenvalue weighted by molar-refractivity contribution is 0.483. The maximum absolute atomic E-state index is 12.0. The molecule has 0 atom stereocenters. The van der Waals surface area contributed by atoms with Gasteiger partial charge in [0.2, 0.25) is 5.69 Å². The second-order valence-corrected chi connectivity index (χ2v) is 6.65. The molecule has 0 saturated heterocycles. The van der Waals surface area contributed by atoms with Crippen molar-refractivity contribution in [3.05, 3.63) is 66.9 Å². The van der Waals surface area contributed by atoms with Crippen LogP contribution in [-0.2, 0) is 7.05 Å². The summed E-state index contributed by atoms with van der Waals surface area (Å²) in [4.78, 5) is 25.6. The van der Waals surface area contributed by atoms with E-state index in [4.69, 9.17) is 33.2 Å². The van der Waals surface area contributed by atoms with E-state index in [1.807, 2.05) is 4.98 Å². The molecule has 0 amide bonds. The van der Waals surface area contributed by atoms with Crippen LogP contribution < -0.4 is 16.0 Å². The van der Waals surface area contributed by atoms with Gasteiger partial charge < -0.3 is 4.74 Å². The molecule has 1 N–H and O–H groups in total. The van der Waals surface area contributed by atoms with E-state index in [9.17, 15) is 9.59 Å². The maximum atomic E-state index is 12.0. The number of fused-ring (bicyclic) bond motifs is 1. The van der Waals surface area contributed by atoms with Crippen LogP contribution in [0.4, 0.5) is 0 Å². The number of nitrogens with one attached hydrogen (secondary N) is 1. The third-order valence-corrected chi connectivity index (χ3v) is 4.52. The Morgan fingerprint density at radius 1 is 1.17 bits per heavy atom. The highest BCUT2D eigenvalue weighted by Gasteiger charge is 2.15. The van der Waals surface area contributed by atoms with E-state index < -0.39 is 16.9 Å². The summed E-state index contributed by atoms with van der Waals surface area (Å²) < 4.78 is 8.21. The quantitative estimate of drug-likeness (QED) is 0.527. The van der Waals surface area contributed by atoms with Gasteiger partial charge in [-0.1, -0.05) is 28.4 Å². The predicted molar refractivity (Wildman–Crippen MR) is 104 cm³/mol. The number of ether oxygens (including phenoxy) is 1. The molecule has 29 heavy (non-hydrogen) atoms. The molecule has 12 heteroatoms. The topological polar surface area (TPSA) is 131 Å². The standard InChI is InChI=1S/C17H9Cl2N7O3/c1-25-14-6-9(2-3-12(14)22-24-25)29-15-10(18)4-8(5-11(15)19)26-17(28)21-16(27)13(7-20)23-26/h2-6H,1H3,(H,21,27,28). The summed E-state index contributed by atoms with van der Waals surface area (Å²) in [6.07, 6.45) is 0. The maximum Gasteiger partial charge on any atom is 0.349 e. The van der Waals surface area contributed by atoms with Crippen molar-refractivity contribution in [1.29, 1.82) is 5.26 Å². The molecule has 0 spiro atoms. The van der Waals surface area contributed by atoms with Crippen molar-refractivity contribution in [2.45, 2.75) is 0 Å². The minimum absolute atomic E-state index is 0.0918. The van der Waals surface area contributed by atoms with Gasteiger partial charge in [0.05, 0.1) is 21.2 Å². The van der Waals surface area contributed by atoms with Crippen molar-refractivity contribution in [3.8, 4) is 23.3 Å². The Morgan fingerprint density at radius 2 is 1.90 bits per heavy atom. The molecule has 0 aliphatic carbocycles. The normalized spacial score (nSPS) is 10.8. The van der Waals surface area contributed by atoms with Crippen LogP contribution in [0, 0.1) is 11.3 Å². The fourth-order valence-corrected chi connectivity index (χ4v) is 3.16. The Balaban J connectivity index is 1.76. The van der Waals surface area contributed by atoms with Crippen molar-refractivity contribution >= 4 is 34.2 Å². The van der Waals surface area contributed by atoms with Gasteiger partial charge in [-0.2, -0.15) is 9.94 Å². The van der Waals surface area contributed by atoms with E-state index in [1.165, 1.54) is 12.1 Å². The number of hydrogen-bond donors (Lipinski definition) is 1. The van der Waals surface area contributed by atoms with E-state index in [0.29, 0.717) is 11.3 Å². The van der Waals surface area contributed by atoms with Gasteiger partial charge in [0.1, 0.15) is 17.3 Å². The third-order valence-electron chi connectivity index (χ3n) is 3.96. The molecule has 144 valence electrons. The van der Waals surface area contributed by atoms with Crippen molar-refractivity contribution in [2.75, 3.05) is 0 Å². The fourth-order valence-electron chi connectivity index (χ4n) is 2.61. The molecule has 10 nitrogen and oxygen atoms in total. The van der Waals surface area contributed by atoms with Crippen LogP contribution in [0.25, 0.3) is 16.7 Å². The molecule has 4 aromatic rings. The molecular weight excluding hydrogens is 421 g/mol. The molecule has 0 aliphatic rings. The van der Waals surface area contributed by atoms with E-state index in [-0.39, 0.29) is 21.5 Å². The average molecular weight is 430 g/mol. The Morgan fingerprint density at radius 3 is 2.59 bits per heavy atom. The molecule has 0 saturated carbocycles. The average Bonchev–Trinajstić information content (AvgIpc) is 3.05. The highest BCUT2D eigenvalue weighted by atomic mass is 35.5. The molecule has 0 aliphatic heterocycles. The second-order valence-electron chi connectivity index (χ2n) is 5.84. The molecular formula is C17H9Cl2N7O3. The SMILES string of the molecule is Cn1nnc2ccc(Oc3c(Cl)cc(-n4nc(C#N)c(=O)[nH]c4=O)cc3Cl)cc21. The van der Waals surface area contributed by atoms with Crippen molar-refractivity contribution in [3.63, 3.8) is 0 Å². The molecule has 0 bridgehead atoms. The van der Waals surface area contributed by atoms with Crippen LogP contribution in [0.15, 0.2) is 39.9 Å². The zero-order valence-corrected chi connectivity index (χ0v) is 16.1. The Labute approximate surface area is 171 Å². The van der Waals surface area contributed by atoms with Crippen LogP contribution in [0.2, 0.25) is 10.0 Å². The minimum atomic E-state index is -0.883. The highest BCUT2D eigenvalue weighted by molar-refractivity contribution is 6.37. The lowest BCUT2D eigenvalue weighted by Crippen LogP contribution is -2.33. The summed E-state index contributed by atoms with van der Waals surface area (Å²) in [5.74, 6) is 0.607. The summed E-state index contributed by atoms with van der Waals surface area (Å²) in [5.41, 5.74) is -0.606.